The van der Waals surface area contributed by atoms with Gasteiger partial charge < -0.3 is 0 Å². The molecule has 2 aliphatic carbocycles. The Bertz CT molecular complexity index is 1680. The van der Waals surface area contributed by atoms with Crippen LogP contribution in [0.4, 0.5) is 0 Å². The summed E-state index contributed by atoms with van der Waals surface area (Å²) in [7, 11) is -12.3. The summed E-state index contributed by atoms with van der Waals surface area (Å²) in [5.41, 5.74) is 1.21. The second-order valence-electron chi connectivity index (χ2n) is 10.0. The third kappa shape index (κ3) is 4.33. The summed E-state index contributed by atoms with van der Waals surface area (Å²) >= 11 is 0. The van der Waals surface area contributed by atoms with E-state index in [1.165, 1.54) is 24.3 Å². The average molecular weight is 579 g/mol. The van der Waals surface area contributed by atoms with E-state index in [1.54, 1.807) is 97.1 Å². The predicted molar refractivity (Wildman–Crippen MR) is 150 cm³/mol. The zero-order chi connectivity index (χ0) is 27.4. The Morgan fingerprint density at radius 3 is 0.949 bits per heavy atom. The first-order valence-corrected chi connectivity index (χ1v) is 17.3. The molecular weight excluding hydrogens is 553 g/mol. The van der Waals surface area contributed by atoms with Crippen LogP contribution in [-0.2, 0) is 29.5 Å². The van der Waals surface area contributed by atoms with Crippen LogP contribution in [0.2, 0.25) is 0 Å². The molecule has 9 heteroatoms. The maximum atomic E-state index is 14.4. The van der Waals surface area contributed by atoms with Crippen molar-refractivity contribution in [2.45, 2.75) is 42.6 Å². The molecule has 2 unspecified atom stereocenters. The molecule has 0 amide bonds. The van der Waals surface area contributed by atoms with Gasteiger partial charge in [0.05, 0.1) is 30.8 Å². The molecule has 0 N–H and O–H groups in total. The molecule has 0 aliphatic heterocycles. The lowest BCUT2D eigenvalue weighted by Gasteiger charge is -2.06. The standard InChI is InChI=1S/C30H26O6S3/c31-37(32,23-17-9-3-10-18-23)27-25(21-13-5-1-6-14-21)29(27)39(35,36)30-26(22-15-7-2-8-16-22)28(30)38(33,34)24-19-11-4-12-20-24/h1-20,25-30H/t25-,26-,27?,28?,29-,30+/m1/s1. The van der Waals surface area contributed by atoms with Crippen LogP contribution in [0, 0.1) is 0 Å². The van der Waals surface area contributed by atoms with Gasteiger partial charge in [0, 0.05) is 11.8 Å². The first-order valence-electron chi connectivity index (χ1n) is 12.6. The summed E-state index contributed by atoms with van der Waals surface area (Å²) in [5, 5.41) is -4.91. The molecule has 6 nitrogen and oxygen atoms in total. The smallest absolute Gasteiger partial charge is 0.183 e. The van der Waals surface area contributed by atoms with Crippen molar-refractivity contribution in [3.05, 3.63) is 132 Å². The lowest BCUT2D eigenvalue weighted by atomic mass is 10.1. The van der Waals surface area contributed by atoms with E-state index in [0.717, 1.165) is 0 Å². The second kappa shape index (κ2) is 9.43. The van der Waals surface area contributed by atoms with Crippen LogP contribution >= 0.6 is 0 Å². The van der Waals surface area contributed by atoms with Crippen molar-refractivity contribution < 1.29 is 25.3 Å². The highest BCUT2D eigenvalue weighted by Crippen LogP contribution is 2.60. The third-order valence-corrected chi connectivity index (χ3v) is 15.3. The Morgan fingerprint density at radius 2 is 0.641 bits per heavy atom. The van der Waals surface area contributed by atoms with Crippen LogP contribution in [0.1, 0.15) is 23.0 Å². The van der Waals surface area contributed by atoms with Gasteiger partial charge in [-0.05, 0) is 35.4 Å². The quantitative estimate of drug-likeness (QED) is 0.307. The molecule has 0 heterocycles. The molecule has 4 aromatic rings. The molecule has 0 bridgehead atoms. The second-order valence-corrected chi connectivity index (χ2v) is 16.5. The molecule has 0 spiro atoms. The van der Waals surface area contributed by atoms with Gasteiger partial charge in [0.25, 0.3) is 0 Å². The zero-order valence-corrected chi connectivity index (χ0v) is 23.1. The average Bonchev–Trinajstić information content (AvgIpc) is 3.88. The van der Waals surface area contributed by atoms with Gasteiger partial charge in [-0.2, -0.15) is 0 Å². The first-order chi connectivity index (χ1) is 18.7. The van der Waals surface area contributed by atoms with Gasteiger partial charge in [-0.3, -0.25) is 0 Å². The molecule has 6 atom stereocenters. The Balaban J connectivity index is 1.45. The lowest BCUT2D eigenvalue weighted by molar-refractivity contribution is 0.583. The molecule has 0 radical (unpaired) electrons. The Kier molecular flexibility index (Phi) is 6.28. The van der Waals surface area contributed by atoms with Crippen LogP contribution in [0.25, 0.3) is 0 Å². The highest BCUT2D eigenvalue weighted by molar-refractivity contribution is 7.99. The van der Waals surface area contributed by atoms with Gasteiger partial charge >= 0.3 is 0 Å². The van der Waals surface area contributed by atoms with Gasteiger partial charge in [0.2, 0.25) is 0 Å². The van der Waals surface area contributed by atoms with E-state index in [0.29, 0.717) is 11.1 Å². The number of hydrogen-bond donors (Lipinski definition) is 0. The largest absolute Gasteiger partial charge is 0.228 e. The Hall–Kier alpha value is -3.27. The minimum Gasteiger partial charge on any atom is -0.228 e. The predicted octanol–water partition coefficient (Wildman–Crippen LogP) is 4.42. The molecule has 0 saturated heterocycles. The molecular formula is C30H26O6S3. The minimum absolute atomic E-state index is 0.0532. The van der Waals surface area contributed by atoms with Gasteiger partial charge in [0.1, 0.15) is 0 Å². The fourth-order valence-electron chi connectivity index (χ4n) is 5.86. The normalized spacial score (nSPS) is 26.6. The highest BCUT2D eigenvalue weighted by Gasteiger charge is 2.74. The monoisotopic (exact) mass is 578 g/mol. The SMILES string of the molecule is O=S(=O)(c1ccccc1)C1[C@@H](c2ccccc2)[C@@H]1S(=O)(=O)[C@H]1C(S(=O)(=O)c2ccccc2)[C@H]1c1ccccc1. The fraction of sp³-hybridized carbons (Fsp3) is 0.200. The van der Waals surface area contributed by atoms with Crippen molar-refractivity contribution in [1.29, 1.82) is 0 Å². The maximum Gasteiger partial charge on any atom is 0.183 e. The van der Waals surface area contributed by atoms with E-state index in [9.17, 15) is 25.3 Å². The van der Waals surface area contributed by atoms with Crippen molar-refractivity contribution in [2.75, 3.05) is 0 Å². The number of benzene rings is 4. The summed E-state index contributed by atoms with van der Waals surface area (Å²) in [6.07, 6.45) is 0. The fourth-order valence-corrected chi connectivity index (χ4v) is 14.6. The van der Waals surface area contributed by atoms with E-state index in [-0.39, 0.29) is 9.79 Å². The van der Waals surface area contributed by atoms with Crippen LogP contribution < -0.4 is 0 Å². The van der Waals surface area contributed by atoms with Gasteiger partial charge in [-0.25, -0.2) is 25.3 Å². The molecule has 2 saturated carbocycles. The Morgan fingerprint density at radius 1 is 0.359 bits per heavy atom. The summed E-state index contributed by atoms with van der Waals surface area (Å²) < 4.78 is 83.7. The molecule has 200 valence electrons. The number of hydrogen-bond acceptors (Lipinski definition) is 6. The summed E-state index contributed by atoms with van der Waals surface area (Å²) in [4.78, 5) is 0.106. The van der Waals surface area contributed by atoms with E-state index < -0.39 is 62.3 Å². The number of sulfone groups is 3. The van der Waals surface area contributed by atoms with Crippen LogP contribution in [0.5, 0.6) is 0 Å². The molecule has 6 rings (SSSR count). The van der Waals surface area contributed by atoms with Crippen LogP contribution in [0.15, 0.2) is 131 Å². The molecule has 0 aromatic heterocycles. The lowest BCUT2D eigenvalue weighted by Crippen LogP contribution is -2.24. The first kappa shape index (κ1) is 26.0. The van der Waals surface area contributed by atoms with Crippen LogP contribution in [0.3, 0.4) is 0 Å². The Labute approximate surface area is 229 Å². The molecule has 2 aliphatic rings. The van der Waals surface area contributed by atoms with E-state index in [4.69, 9.17) is 0 Å². The molecule has 39 heavy (non-hydrogen) atoms. The van der Waals surface area contributed by atoms with Gasteiger partial charge in [-0.15, -0.1) is 0 Å². The summed E-state index contributed by atoms with van der Waals surface area (Å²) in [5.74, 6) is -1.59. The van der Waals surface area contributed by atoms with Crippen molar-refractivity contribution >= 4 is 29.5 Å². The van der Waals surface area contributed by atoms with Crippen molar-refractivity contribution in [3.63, 3.8) is 0 Å². The highest BCUT2D eigenvalue weighted by atomic mass is 32.2. The van der Waals surface area contributed by atoms with Gasteiger partial charge in [-0.1, -0.05) is 97.1 Å². The number of rotatable bonds is 8. The van der Waals surface area contributed by atoms with E-state index in [2.05, 4.69) is 0 Å². The molecule has 4 aromatic carbocycles. The topological polar surface area (TPSA) is 102 Å². The summed E-state index contributed by atoms with van der Waals surface area (Å²) in [6, 6.07) is 33.1. The third-order valence-electron chi connectivity index (χ3n) is 7.77. The van der Waals surface area contributed by atoms with Crippen molar-refractivity contribution in [2.24, 2.45) is 0 Å². The van der Waals surface area contributed by atoms with Gasteiger partial charge in [0.15, 0.2) is 29.5 Å². The zero-order valence-electron chi connectivity index (χ0n) is 20.7. The van der Waals surface area contributed by atoms with Crippen molar-refractivity contribution in [3.8, 4) is 0 Å². The minimum atomic E-state index is -4.23. The van der Waals surface area contributed by atoms with Crippen molar-refractivity contribution in [1.82, 2.24) is 0 Å². The van der Waals surface area contributed by atoms with E-state index >= 15 is 0 Å². The summed E-state index contributed by atoms with van der Waals surface area (Å²) in [6.45, 7) is 0. The molecule has 2 fully saturated rings. The maximum absolute atomic E-state index is 14.4. The van der Waals surface area contributed by atoms with Crippen LogP contribution in [-0.4, -0.2) is 46.3 Å². The van der Waals surface area contributed by atoms with E-state index in [1.807, 2.05) is 0 Å².